The van der Waals surface area contributed by atoms with Gasteiger partial charge in [-0.05, 0) is 37.1 Å². The second-order valence-corrected chi connectivity index (χ2v) is 9.46. The van der Waals surface area contributed by atoms with Crippen LogP contribution >= 0.6 is 0 Å². The van der Waals surface area contributed by atoms with Crippen LogP contribution < -0.4 is 20.9 Å². The summed E-state index contributed by atoms with van der Waals surface area (Å²) >= 11 is 0. The van der Waals surface area contributed by atoms with Crippen LogP contribution in [0.5, 0.6) is 5.75 Å². The molecule has 1 aliphatic rings. The Morgan fingerprint density at radius 3 is 2.53 bits per heavy atom. The molecule has 1 aliphatic heterocycles. The smallest absolute Gasteiger partial charge is 0.329 e. The third-order valence-electron chi connectivity index (χ3n) is 6.39. The molecular weight excluding hydrogens is 436 g/mol. The van der Waals surface area contributed by atoms with Crippen molar-refractivity contribution in [1.82, 2.24) is 24.0 Å². The molecule has 3 heterocycles. The molecule has 0 radical (unpaired) electrons. The van der Waals surface area contributed by atoms with Crippen LogP contribution in [0.2, 0.25) is 0 Å². The number of hydrogen-bond acceptors (Lipinski definition) is 7. The van der Waals surface area contributed by atoms with Crippen LogP contribution in [-0.2, 0) is 13.6 Å². The van der Waals surface area contributed by atoms with Gasteiger partial charge in [0.1, 0.15) is 18.5 Å². The number of aryl methyl sites for hydroxylation is 2. The normalized spacial score (nSPS) is 15.9. The van der Waals surface area contributed by atoms with Crippen LogP contribution in [0.4, 0.5) is 5.95 Å². The zero-order valence-corrected chi connectivity index (χ0v) is 20.5. The fourth-order valence-electron chi connectivity index (χ4n) is 4.34. The molecule has 2 N–H and O–H groups in total. The number of aromatic amines is 1. The van der Waals surface area contributed by atoms with Crippen LogP contribution in [0.25, 0.3) is 11.2 Å². The number of benzene rings is 1. The molecule has 0 aliphatic carbocycles. The summed E-state index contributed by atoms with van der Waals surface area (Å²) in [5.74, 6) is 1.62. The van der Waals surface area contributed by atoms with E-state index in [0.29, 0.717) is 11.6 Å². The standard InChI is InChI=1S/C24H34N6O4/c1-15(2)18-7-6-16(3)12-19(18)34-14-17(31)13-30-20-21(28(5)24(33)26-22(20)32)25-23(30)29-10-8-27(4)9-11-29/h6-7,12,15,17,31H,8-11,13-14H2,1-5H3,(H,26,32,33)/t17-/m1/s1. The van der Waals surface area contributed by atoms with Crippen LogP contribution in [0, 0.1) is 6.92 Å². The topological polar surface area (TPSA) is 109 Å². The average Bonchev–Trinajstić information content (AvgIpc) is 3.16. The second-order valence-electron chi connectivity index (χ2n) is 9.46. The molecule has 0 spiro atoms. The molecule has 1 aromatic carbocycles. The van der Waals surface area contributed by atoms with Gasteiger partial charge in [0.2, 0.25) is 5.95 Å². The Kier molecular flexibility index (Phi) is 6.81. The third kappa shape index (κ3) is 4.74. The zero-order chi connectivity index (χ0) is 24.6. The Hall–Kier alpha value is -3.11. The first-order valence-corrected chi connectivity index (χ1v) is 11.7. The van der Waals surface area contributed by atoms with Crippen LogP contribution in [-0.4, -0.2) is 75.0 Å². The first kappa shape index (κ1) is 24.0. The van der Waals surface area contributed by atoms with E-state index in [4.69, 9.17) is 4.74 Å². The van der Waals surface area contributed by atoms with E-state index in [9.17, 15) is 14.7 Å². The summed E-state index contributed by atoms with van der Waals surface area (Å²) in [6.45, 7) is 9.57. The lowest BCUT2D eigenvalue weighted by atomic mass is 10.0. The van der Waals surface area contributed by atoms with Gasteiger partial charge in [-0.2, -0.15) is 4.98 Å². The number of aliphatic hydroxyl groups excluding tert-OH is 1. The molecule has 3 aromatic rings. The number of nitrogens with one attached hydrogen (secondary N) is 1. The number of hydrogen-bond donors (Lipinski definition) is 2. The number of piperazine rings is 1. The van der Waals surface area contributed by atoms with E-state index in [1.54, 1.807) is 11.6 Å². The minimum absolute atomic E-state index is 0.0642. The molecule has 10 nitrogen and oxygen atoms in total. The van der Waals surface area contributed by atoms with E-state index in [1.165, 1.54) is 4.57 Å². The molecule has 2 aromatic heterocycles. The maximum Gasteiger partial charge on any atom is 0.329 e. The molecule has 0 amide bonds. The maximum absolute atomic E-state index is 12.8. The molecular formula is C24H34N6O4. The Labute approximate surface area is 198 Å². The molecule has 184 valence electrons. The highest BCUT2D eigenvalue weighted by Crippen LogP contribution is 2.28. The number of imidazole rings is 1. The van der Waals surface area contributed by atoms with Gasteiger partial charge in [-0.1, -0.05) is 26.0 Å². The molecule has 1 fully saturated rings. The summed E-state index contributed by atoms with van der Waals surface area (Å²) < 4.78 is 9.07. The van der Waals surface area contributed by atoms with E-state index in [1.807, 2.05) is 13.0 Å². The van der Waals surface area contributed by atoms with Crippen molar-refractivity contribution < 1.29 is 9.84 Å². The van der Waals surface area contributed by atoms with Gasteiger partial charge in [0.15, 0.2) is 11.2 Å². The summed E-state index contributed by atoms with van der Waals surface area (Å²) in [5, 5.41) is 10.9. The van der Waals surface area contributed by atoms with Crippen molar-refractivity contribution in [3.63, 3.8) is 0 Å². The minimum Gasteiger partial charge on any atom is -0.491 e. The monoisotopic (exact) mass is 470 g/mol. The molecule has 1 atom stereocenters. The summed E-state index contributed by atoms with van der Waals surface area (Å²) in [6, 6.07) is 6.08. The lowest BCUT2D eigenvalue weighted by Gasteiger charge is -2.33. The van der Waals surface area contributed by atoms with Crippen LogP contribution in [0.1, 0.15) is 30.9 Å². The van der Waals surface area contributed by atoms with Gasteiger partial charge in [0, 0.05) is 33.2 Å². The van der Waals surface area contributed by atoms with Gasteiger partial charge in [-0.3, -0.25) is 14.3 Å². The number of anilines is 1. The SMILES string of the molecule is Cc1ccc(C(C)C)c(OC[C@H](O)Cn2c(N3CCN(C)CC3)nc3c2c(=O)[nH]c(=O)n3C)c1. The van der Waals surface area contributed by atoms with Gasteiger partial charge >= 0.3 is 5.69 Å². The molecule has 34 heavy (non-hydrogen) atoms. The summed E-state index contributed by atoms with van der Waals surface area (Å²) in [5.41, 5.74) is 1.70. The summed E-state index contributed by atoms with van der Waals surface area (Å²) in [7, 11) is 3.64. The Morgan fingerprint density at radius 1 is 1.15 bits per heavy atom. The number of H-pyrrole nitrogens is 1. The molecule has 4 rings (SSSR count). The van der Waals surface area contributed by atoms with E-state index >= 15 is 0 Å². The Bertz CT molecular complexity index is 1280. The van der Waals surface area contributed by atoms with Crippen molar-refractivity contribution in [3.8, 4) is 5.75 Å². The van der Waals surface area contributed by atoms with Crippen LogP contribution in [0.15, 0.2) is 27.8 Å². The summed E-state index contributed by atoms with van der Waals surface area (Å²) in [4.78, 5) is 36.3. The highest BCUT2D eigenvalue weighted by atomic mass is 16.5. The average molecular weight is 471 g/mol. The molecule has 10 heteroatoms. The number of fused-ring (bicyclic) bond motifs is 1. The Balaban J connectivity index is 1.65. The fraction of sp³-hybridized carbons (Fsp3) is 0.542. The lowest BCUT2D eigenvalue weighted by Crippen LogP contribution is -2.45. The van der Waals surface area contributed by atoms with Crippen LogP contribution in [0.3, 0.4) is 0 Å². The van der Waals surface area contributed by atoms with Crippen molar-refractivity contribution in [2.24, 2.45) is 7.05 Å². The quantitative estimate of drug-likeness (QED) is 0.531. The van der Waals surface area contributed by atoms with Gasteiger partial charge in [-0.25, -0.2) is 4.79 Å². The lowest BCUT2D eigenvalue weighted by molar-refractivity contribution is 0.0929. The zero-order valence-electron chi connectivity index (χ0n) is 20.5. The van der Waals surface area contributed by atoms with Crippen molar-refractivity contribution in [2.45, 2.75) is 39.3 Å². The third-order valence-corrected chi connectivity index (χ3v) is 6.39. The number of rotatable bonds is 7. The fourth-order valence-corrected chi connectivity index (χ4v) is 4.34. The highest BCUT2D eigenvalue weighted by Gasteiger charge is 2.25. The largest absolute Gasteiger partial charge is 0.491 e. The van der Waals surface area contributed by atoms with E-state index in [-0.39, 0.29) is 24.6 Å². The predicted molar refractivity (Wildman–Crippen MR) is 132 cm³/mol. The van der Waals surface area contributed by atoms with E-state index in [2.05, 4.69) is 52.8 Å². The van der Waals surface area contributed by atoms with E-state index < -0.39 is 17.4 Å². The number of likely N-dealkylation sites (N-methyl/N-ethyl adjacent to an activating group) is 1. The first-order chi connectivity index (χ1) is 16.2. The highest BCUT2D eigenvalue weighted by molar-refractivity contribution is 5.74. The predicted octanol–water partition coefficient (Wildman–Crippen LogP) is 1.05. The van der Waals surface area contributed by atoms with E-state index in [0.717, 1.165) is 43.1 Å². The first-order valence-electron chi connectivity index (χ1n) is 11.7. The number of ether oxygens (including phenoxy) is 1. The molecule has 1 saturated heterocycles. The summed E-state index contributed by atoms with van der Waals surface area (Å²) in [6.07, 6.45) is -0.888. The second kappa shape index (κ2) is 9.63. The molecule has 0 unspecified atom stereocenters. The number of nitrogens with zero attached hydrogens (tertiary/aromatic N) is 5. The van der Waals surface area contributed by atoms with Gasteiger partial charge in [-0.15, -0.1) is 0 Å². The number of aliphatic hydroxyl groups is 1. The van der Waals surface area contributed by atoms with Crippen molar-refractivity contribution in [1.29, 1.82) is 0 Å². The molecule has 0 bridgehead atoms. The van der Waals surface area contributed by atoms with Gasteiger partial charge in [0.25, 0.3) is 5.56 Å². The van der Waals surface area contributed by atoms with Crippen molar-refractivity contribution in [3.05, 3.63) is 50.2 Å². The Morgan fingerprint density at radius 2 is 1.85 bits per heavy atom. The van der Waals surface area contributed by atoms with Crippen molar-refractivity contribution >= 4 is 17.1 Å². The van der Waals surface area contributed by atoms with Crippen molar-refractivity contribution in [2.75, 3.05) is 44.7 Å². The molecule has 0 saturated carbocycles. The maximum atomic E-state index is 12.8. The minimum atomic E-state index is -0.888. The van der Waals surface area contributed by atoms with Gasteiger partial charge in [0.05, 0.1) is 6.54 Å². The van der Waals surface area contributed by atoms with Gasteiger partial charge < -0.3 is 24.2 Å². The number of aromatic nitrogens is 4.